The number of nitrogens with zero attached hydrogens (tertiary/aromatic N) is 1. The third-order valence-electron chi connectivity index (χ3n) is 0.900. The molecule has 1 N–H and O–H groups in total. The molecule has 0 amide bonds. The van der Waals surface area contributed by atoms with Gasteiger partial charge in [0, 0.05) is 6.42 Å². The first-order valence-electron chi connectivity index (χ1n) is 3.01. The maximum absolute atomic E-state index is 9.71. The number of aliphatic hydroxyl groups is 1. The van der Waals surface area contributed by atoms with Crippen LogP contribution in [0.15, 0.2) is 17.5 Å². The highest BCUT2D eigenvalue weighted by atomic mass is 16.5. The number of ether oxygens (including phenoxy) is 1. The molecular weight excluding hydrogens is 134 g/mol. The highest BCUT2D eigenvalue weighted by Crippen LogP contribution is 1.97. The summed E-state index contributed by atoms with van der Waals surface area (Å²) in [5.74, 6) is 0. The van der Waals surface area contributed by atoms with Gasteiger partial charge in [-0.15, -0.1) is 4.91 Å². The fourth-order valence-electron chi connectivity index (χ4n) is 0.402. The Labute approximate surface area is 59.5 Å². The van der Waals surface area contributed by atoms with E-state index in [4.69, 9.17) is 9.84 Å². The molecule has 0 aliphatic carbocycles. The summed E-state index contributed by atoms with van der Waals surface area (Å²) >= 11 is 0. The van der Waals surface area contributed by atoms with Crippen LogP contribution in [-0.4, -0.2) is 24.9 Å². The summed E-state index contributed by atoms with van der Waals surface area (Å²) in [5.41, 5.74) is 0.276. The van der Waals surface area contributed by atoms with Gasteiger partial charge in [-0.2, -0.15) is 0 Å². The summed E-state index contributed by atoms with van der Waals surface area (Å²) in [4.78, 5) is 9.71. The second kappa shape index (κ2) is 6.38. The van der Waals surface area contributed by atoms with Crippen molar-refractivity contribution in [2.24, 2.45) is 5.18 Å². The van der Waals surface area contributed by atoms with Crippen molar-refractivity contribution in [2.45, 2.75) is 6.42 Å². The molecule has 4 heteroatoms. The van der Waals surface area contributed by atoms with Crippen LogP contribution in [0.3, 0.4) is 0 Å². The SMILES string of the molecule is C=C(CCOCCO)N=O. The summed E-state index contributed by atoms with van der Waals surface area (Å²) < 4.78 is 4.85. The summed E-state index contributed by atoms with van der Waals surface area (Å²) in [6, 6.07) is 0. The lowest BCUT2D eigenvalue weighted by molar-refractivity contribution is 0.0943. The Hall–Kier alpha value is -0.740. The number of nitroso groups, excluding NO2 is 1. The van der Waals surface area contributed by atoms with Crippen LogP contribution in [-0.2, 0) is 4.74 Å². The van der Waals surface area contributed by atoms with E-state index in [9.17, 15) is 4.91 Å². The molecule has 10 heavy (non-hydrogen) atoms. The summed E-state index contributed by atoms with van der Waals surface area (Å²) in [7, 11) is 0. The maximum Gasteiger partial charge on any atom is 0.0800 e. The first-order valence-corrected chi connectivity index (χ1v) is 3.01. The molecule has 58 valence electrons. The van der Waals surface area contributed by atoms with Gasteiger partial charge in [0.2, 0.25) is 0 Å². The largest absolute Gasteiger partial charge is 0.394 e. The smallest absolute Gasteiger partial charge is 0.0800 e. The fraction of sp³-hybridized carbons (Fsp3) is 0.667. The topological polar surface area (TPSA) is 58.9 Å². The van der Waals surface area contributed by atoms with E-state index in [1.54, 1.807) is 0 Å². The molecule has 0 rings (SSSR count). The minimum absolute atomic E-state index is 0.000986. The van der Waals surface area contributed by atoms with Crippen molar-refractivity contribution in [2.75, 3.05) is 19.8 Å². The van der Waals surface area contributed by atoms with Gasteiger partial charge in [-0.3, -0.25) is 0 Å². The monoisotopic (exact) mass is 145 g/mol. The molecule has 0 unspecified atom stereocenters. The predicted octanol–water partition coefficient (Wildman–Crippen LogP) is 0.665. The summed E-state index contributed by atoms with van der Waals surface area (Å²) in [6.45, 7) is 4.04. The molecule has 0 aromatic rings. The molecular formula is C6H11NO3. The lowest BCUT2D eigenvalue weighted by atomic mass is 10.4. The Morgan fingerprint density at radius 1 is 1.60 bits per heavy atom. The zero-order valence-corrected chi connectivity index (χ0v) is 5.75. The van der Waals surface area contributed by atoms with E-state index in [0.29, 0.717) is 19.6 Å². The zero-order valence-electron chi connectivity index (χ0n) is 5.75. The van der Waals surface area contributed by atoms with Gasteiger partial charge in [-0.1, -0.05) is 6.58 Å². The number of rotatable bonds is 6. The molecule has 0 saturated heterocycles. The summed E-state index contributed by atoms with van der Waals surface area (Å²) in [5, 5.41) is 10.9. The third-order valence-corrected chi connectivity index (χ3v) is 0.900. The molecule has 0 bridgehead atoms. The average Bonchev–Trinajstić information content (AvgIpc) is 1.98. The quantitative estimate of drug-likeness (QED) is 0.441. The van der Waals surface area contributed by atoms with Gasteiger partial charge in [-0.05, 0) is 5.18 Å². The van der Waals surface area contributed by atoms with E-state index in [1.165, 1.54) is 0 Å². The highest BCUT2D eigenvalue weighted by molar-refractivity contribution is 4.89. The molecule has 0 atom stereocenters. The zero-order chi connectivity index (χ0) is 7.82. The molecule has 4 nitrogen and oxygen atoms in total. The second-order valence-electron chi connectivity index (χ2n) is 1.74. The second-order valence-corrected chi connectivity index (χ2v) is 1.74. The number of aliphatic hydroxyl groups excluding tert-OH is 1. The van der Waals surface area contributed by atoms with Crippen LogP contribution < -0.4 is 0 Å². The van der Waals surface area contributed by atoms with Crippen molar-refractivity contribution in [3.05, 3.63) is 17.2 Å². The van der Waals surface area contributed by atoms with E-state index >= 15 is 0 Å². The first-order chi connectivity index (χ1) is 4.81. The lowest BCUT2D eigenvalue weighted by Gasteiger charge is -1.98. The maximum atomic E-state index is 9.71. The number of hydrogen-bond acceptors (Lipinski definition) is 4. The van der Waals surface area contributed by atoms with Crippen molar-refractivity contribution in [1.82, 2.24) is 0 Å². The standard InChI is InChI=1S/C6H11NO3/c1-6(7-9)2-4-10-5-3-8/h8H,1-5H2. The van der Waals surface area contributed by atoms with Crippen molar-refractivity contribution in [1.29, 1.82) is 0 Å². The Morgan fingerprint density at radius 2 is 2.30 bits per heavy atom. The van der Waals surface area contributed by atoms with Crippen LogP contribution in [0.5, 0.6) is 0 Å². The fourth-order valence-corrected chi connectivity index (χ4v) is 0.402. The van der Waals surface area contributed by atoms with Crippen molar-refractivity contribution >= 4 is 0 Å². The minimum Gasteiger partial charge on any atom is -0.394 e. The van der Waals surface area contributed by atoms with Gasteiger partial charge >= 0.3 is 0 Å². The van der Waals surface area contributed by atoms with E-state index in [-0.39, 0.29) is 12.3 Å². The highest BCUT2D eigenvalue weighted by Gasteiger charge is 1.91. The molecule has 0 aromatic carbocycles. The number of hydrogen-bond donors (Lipinski definition) is 1. The normalized spacial score (nSPS) is 9.30. The Kier molecular flexibility index (Phi) is 5.91. The molecule has 0 saturated carbocycles. The Bertz CT molecular complexity index is 114. The van der Waals surface area contributed by atoms with Crippen LogP contribution >= 0.6 is 0 Å². The van der Waals surface area contributed by atoms with Crippen LogP contribution in [0.1, 0.15) is 6.42 Å². The minimum atomic E-state index is 0.000986. The third kappa shape index (κ3) is 5.40. The van der Waals surface area contributed by atoms with Crippen LogP contribution in [0.25, 0.3) is 0 Å². The lowest BCUT2D eigenvalue weighted by Crippen LogP contribution is -2.00. The molecule has 0 aliphatic rings. The van der Waals surface area contributed by atoms with E-state index in [1.807, 2.05) is 0 Å². The summed E-state index contributed by atoms with van der Waals surface area (Å²) in [6.07, 6.45) is 0.434. The molecule has 0 fully saturated rings. The molecule has 0 aliphatic heterocycles. The molecule has 0 aromatic heterocycles. The van der Waals surface area contributed by atoms with Crippen LogP contribution in [0.2, 0.25) is 0 Å². The predicted molar refractivity (Wildman–Crippen MR) is 37.5 cm³/mol. The van der Waals surface area contributed by atoms with Gasteiger partial charge in [0.25, 0.3) is 0 Å². The van der Waals surface area contributed by atoms with E-state index in [2.05, 4.69) is 11.8 Å². The Balaban J connectivity index is 3.03. The molecule has 0 spiro atoms. The van der Waals surface area contributed by atoms with Crippen LogP contribution in [0, 0.1) is 4.91 Å². The average molecular weight is 145 g/mol. The van der Waals surface area contributed by atoms with E-state index in [0.717, 1.165) is 0 Å². The van der Waals surface area contributed by atoms with Gasteiger partial charge in [-0.25, -0.2) is 0 Å². The van der Waals surface area contributed by atoms with Gasteiger partial charge < -0.3 is 9.84 Å². The first kappa shape index (κ1) is 9.26. The Morgan fingerprint density at radius 3 is 2.80 bits per heavy atom. The van der Waals surface area contributed by atoms with Crippen molar-refractivity contribution in [3.63, 3.8) is 0 Å². The van der Waals surface area contributed by atoms with Gasteiger partial charge in [0.15, 0.2) is 0 Å². The van der Waals surface area contributed by atoms with E-state index < -0.39 is 0 Å². The van der Waals surface area contributed by atoms with Crippen molar-refractivity contribution in [3.8, 4) is 0 Å². The van der Waals surface area contributed by atoms with Gasteiger partial charge in [0.1, 0.15) is 0 Å². The molecule has 0 heterocycles. The molecule has 0 radical (unpaired) electrons. The van der Waals surface area contributed by atoms with Gasteiger partial charge in [0.05, 0.1) is 25.5 Å². The van der Waals surface area contributed by atoms with Crippen molar-refractivity contribution < 1.29 is 9.84 Å². The van der Waals surface area contributed by atoms with Crippen LogP contribution in [0.4, 0.5) is 0 Å².